The van der Waals surface area contributed by atoms with Gasteiger partial charge >= 0.3 is 0 Å². The highest BCUT2D eigenvalue weighted by Crippen LogP contribution is 2.59. The largest absolute Gasteiger partial charge is 0.508 e. The van der Waals surface area contributed by atoms with E-state index < -0.39 is 38.2 Å². The van der Waals surface area contributed by atoms with Crippen LogP contribution < -0.4 is 24.6 Å². The number of ether oxygens (including phenoxy) is 1. The van der Waals surface area contributed by atoms with Crippen molar-refractivity contribution in [3.8, 4) is 17.2 Å². The predicted molar refractivity (Wildman–Crippen MR) is 195 cm³/mol. The third kappa shape index (κ3) is 6.76. The molecular weight excluding hydrogens is 693 g/mol. The number of hydrogen-bond acceptors (Lipinski definition) is 10. The molecule has 6 rings (SSSR count). The third-order valence-corrected chi connectivity index (χ3v) is 12.2. The Kier molecular flexibility index (Phi) is 10.1. The minimum absolute atomic E-state index is 0.134. The molecule has 1 amide bonds. The van der Waals surface area contributed by atoms with Crippen LogP contribution in [0.15, 0.2) is 88.7 Å². The van der Waals surface area contributed by atoms with Crippen molar-refractivity contribution in [3.05, 3.63) is 101 Å². The van der Waals surface area contributed by atoms with Gasteiger partial charge < -0.3 is 25.0 Å². The molecule has 2 aliphatic rings. The first-order chi connectivity index (χ1) is 24.4. The van der Waals surface area contributed by atoms with Gasteiger partial charge in [-0.1, -0.05) is 18.2 Å². The normalized spacial score (nSPS) is 15.0. The summed E-state index contributed by atoms with van der Waals surface area (Å²) >= 11 is 0. The molecule has 14 heteroatoms. The number of phenolic OH excluding ortho intramolecular Hbond substituents is 1. The lowest BCUT2D eigenvalue weighted by molar-refractivity contribution is -0.119. The topological polar surface area (TPSA) is 155 Å². The Morgan fingerprint density at radius 2 is 1.33 bits per heavy atom. The van der Waals surface area contributed by atoms with E-state index in [1.165, 1.54) is 12.1 Å². The van der Waals surface area contributed by atoms with Crippen LogP contribution in [-0.4, -0.2) is 67.1 Å². The lowest BCUT2D eigenvalue weighted by atomic mass is 9.78. The van der Waals surface area contributed by atoms with Crippen molar-refractivity contribution in [2.45, 2.75) is 49.5 Å². The highest BCUT2D eigenvalue weighted by Gasteiger charge is 2.56. The number of hydrogen-bond donors (Lipinski definition) is 3. The molecule has 51 heavy (non-hydrogen) atoms. The summed E-state index contributed by atoms with van der Waals surface area (Å²) < 4.78 is 69.5. The smallest absolute Gasteiger partial charge is 0.298 e. The number of nitrogens with zero attached hydrogens (tertiary/aromatic N) is 2. The molecule has 0 unspecified atom stereocenters. The molecule has 4 aromatic rings. The zero-order chi connectivity index (χ0) is 36.6. The van der Waals surface area contributed by atoms with E-state index in [9.17, 15) is 26.7 Å². The van der Waals surface area contributed by atoms with Gasteiger partial charge in [0, 0.05) is 72.9 Å². The summed E-state index contributed by atoms with van der Waals surface area (Å²) in [4.78, 5) is 16.2. The lowest BCUT2D eigenvalue weighted by Crippen LogP contribution is -2.37. The number of amides is 1. The van der Waals surface area contributed by atoms with E-state index in [4.69, 9.17) is 8.92 Å². The Labute approximate surface area is 299 Å². The highest BCUT2D eigenvalue weighted by atomic mass is 32.2. The number of anilines is 2. The molecule has 0 aromatic heterocycles. The second-order valence-electron chi connectivity index (χ2n) is 12.3. The van der Waals surface area contributed by atoms with Gasteiger partial charge in [0.15, 0.2) is 5.60 Å². The molecule has 0 radical (unpaired) electrons. The monoisotopic (exact) mass is 734 g/mol. The summed E-state index contributed by atoms with van der Waals surface area (Å²) in [6.45, 7) is 10.9. The molecule has 0 saturated heterocycles. The van der Waals surface area contributed by atoms with E-state index in [2.05, 4.69) is 19.8 Å². The molecule has 1 spiro atoms. The molecule has 0 saturated carbocycles. The number of carbonyl (C=O) groups excluding carboxylic acids is 1. The molecule has 270 valence electrons. The van der Waals surface area contributed by atoms with Gasteiger partial charge in [0.2, 0.25) is 15.9 Å². The molecule has 0 bridgehead atoms. The van der Waals surface area contributed by atoms with E-state index in [1.807, 2.05) is 52.0 Å². The number of nitrogens with one attached hydrogen (secondary N) is 2. The number of fused-ring (bicyclic) bond motifs is 6. The molecular formula is C37H42N4O8S2. The Balaban J connectivity index is 1.34. The Morgan fingerprint density at radius 3 is 1.88 bits per heavy atom. The summed E-state index contributed by atoms with van der Waals surface area (Å²) in [5.41, 5.74) is 2.24. The maximum Gasteiger partial charge on any atom is 0.298 e. The van der Waals surface area contributed by atoms with Crippen LogP contribution in [-0.2, 0) is 41.1 Å². The summed E-state index contributed by atoms with van der Waals surface area (Å²) in [6.07, 6.45) is 0.480. The van der Waals surface area contributed by atoms with E-state index in [-0.39, 0.29) is 27.6 Å². The number of aromatic hydroxyl groups is 1. The SMILES string of the molecule is CCN(CC)c1ccc2c(c1)Oc1cc(N(CC)CC)ccc1C21OS(=O)(=O)c2cc(S(=O)(=O)NCC(=O)NCCc3ccc(O)cc3)ccc21. The average Bonchev–Trinajstić information content (AvgIpc) is 3.35. The van der Waals surface area contributed by atoms with Gasteiger partial charge in [0.1, 0.15) is 22.1 Å². The van der Waals surface area contributed by atoms with Gasteiger partial charge in [0.05, 0.1) is 11.4 Å². The Bertz CT molecular complexity index is 2100. The van der Waals surface area contributed by atoms with Crippen molar-refractivity contribution in [2.75, 3.05) is 49.1 Å². The molecule has 4 aromatic carbocycles. The number of sulfonamides is 1. The quantitative estimate of drug-likeness (QED) is 0.163. The summed E-state index contributed by atoms with van der Waals surface area (Å²) in [6, 6.07) is 21.6. The van der Waals surface area contributed by atoms with Crippen LogP contribution in [0, 0.1) is 0 Å². The summed E-state index contributed by atoms with van der Waals surface area (Å²) in [7, 11) is -8.80. The third-order valence-electron chi connectivity index (χ3n) is 9.41. The van der Waals surface area contributed by atoms with E-state index >= 15 is 0 Å². The van der Waals surface area contributed by atoms with Gasteiger partial charge in [-0.3, -0.25) is 4.79 Å². The summed E-state index contributed by atoms with van der Waals surface area (Å²) in [5.74, 6) is 0.439. The first-order valence-corrected chi connectivity index (χ1v) is 19.9. The predicted octanol–water partition coefficient (Wildman–Crippen LogP) is 4.84. The van der Waals surface area contributed by atoms with Crippen LogP contribution in [0.1, 0.15) is 49.9 Å². The van der Waals surface area contributed by atoms with Gasteiger partial charge in [-0.05, 0) is 88.2 Å². The fraction of sp³-hybridized carbons (Fsp3) is 0.324. The van der Waals surface area contributed by atoms with Crippen LogP contribution in [0.25, 0.3) is 0 Å². The van der Waals surface area contributed by atoms with Crippen LogP contribution in [0.4, 0.5) is 11.4 Å². The number of benzene rings is 4. The second-order valence-corrected chi connectivity index (χ2v) is 15.6. The van der Waals surface area contributed by atoms with Crippen molar-refractivity contribution < 1.29 is 35.7 Å². The van der Waals surface area contributed by atoms with E-state index in [1.54, 1.807) is 36.4 Å². The lowest BCUT2D eigenvalue weighted by Gasteiger charge is -2.37. The zero-order valence-electron chi connectivity index (χ0n) is 29.0. The highest BCUT2D eigenvalue weighted by molar-refractivity contribution is 7.89. The average molecular weight is 735 g/mol. The molecule has 0 atom stereocenters. The maximum absolute atomic E-state index is 13.9. The minimum atomic E-state index is -4.49. The molecule has 0 fully saturated rings. The van der Waals surface area contributed by atoms with E-state index in [0.29, 0.717) is 29.0 Å². The number of phenols is 1. The minimum Gasteiger partial charge on any atom is -0.508 e. The molecule has 0 aliphatic carbocycles. The van der Waals surface area contributed by atoms with Crippen LogP contribution in [0.3, 0.4) is 0 Å². The van der Waals surface area contributed by atoms with Gasteiger partial charge in [-0.25, -0.2) is 17.3 Å². The zero-order valence-corrected chi connectivity index (χ0v) is 30.6. The van der Waals surface area contributed by atoms with Crippen molar-refractivity contribution in [2.24, 2.45) is 0 Å². The van der Waals surface area contributed by atoms with Crippen LogP contribution >= 0.6 is 0 Å². The molecule has 2 aliphatic heterocycles. The Hall–Kier alpha value is -4.63. The van der Waals surface area contributed by atoms with Gasteiger partial charge in [0.25, 0.3) is 10.1 Å². The van der Waals surface area contributed by atoms with Crippen molar-refractivity contribution >= 4 is 37.4 Å². The van der Waals surface area contributed by atoms with E-state index in [0.717, 1.165) is 49.2 Å². The van der Waals surface area contributed by atoms with Crippen molar-refractivity contribution in [1.82, 2.24) is 10.0 Å². The number of carbonyl (C=O) groups is 1. The van der Waals surface area contributed by atoms with Crippen LogP contribution in [0.5, 0.6) is 17.2 Å². The number of rotatable bonds is 13. The Morgan fingerprint density at radius 1 is 0.784 bits per heavy atom. The fourth-order valence-corrected chi connectivity index (χ4v) is 9.25. The first kappa shape index (κ1) is 36.2. The fourth-order valence-electron chi connectivity index (χ4n) is 6.72. The maximum atomic E-state index is 13.9. The first-order valence-electron chi connectivity index (χ1n) is 17.0. The van der Waals surface area contributed by atoms with Crippen molar-refractivity contribution in [1.29, 1.82) is 0 Å². The second kappa shape index (κ2) is 14.2. The molecule has 3 N–H and O–H groups in total. The molecule has 12 nitrogen and oxygen atoms in total. The van der Waals surface area contributed by atoms with Crippen LogP contribution in [0.2, 0.25) is 0 Å². The van der Waals surface area contributed by atoms with Gasteiger partial charge in [-0.15, -0.1) is 0 Å². The van der Waals surface area contributed by atoms with Crippen molar-refractivity contribution in [3.63, 3.8) is 0 Å². The summed E-state index contributed by atoms with van der Waals surface area (Å²) in [5, 5.41) is 12.1. The van der Waals surface area contributed by atoms with Gasteiger partial charge in [-0.2, -0.15) is 8.42 Å². The molecule has 2 heterocycles. The standard InChI is InChI=1S/C37H42N4O8S2/c1-5-40(6-2)26-11-16-30-33(21-26)48-34-22-27(41(7-3)8-4)12-17-31(34)37(30)32-18-15-29(23-35(32)51(46,47)49-37)50(44,45)39-24-36(43)38-20-19-25-9-13-28(42)14-10-25/h9-18,21-23,39,42H,5-8,19-20,24H2,1-4H3,(H,38,43).